The van der Waals surface area contributed by atoms with Crippen LogP contribution < -0.4 is 14.8 Å². The molecule has 2 atom stereocenters. The van der Waals surface area contributed by atoms with Crippen molar-refractivity contribution in [1.29, 1.82) is 0 Å². The zero-order valence-electron chi connectivity index (χ0n) is 13.6. The van der Waals surface area contributed by atoms with Gasteiger partial charge >= 0.3 is 5.97 Å². The minimum absolute atomic E-state index is 0.111. The Hall–Kier alpha value is -2.39. The molecule has 3 rings (SSSR count). The van der Waals surface area contributed by atoms with Gasteiger partial charge in [-0.3, -0.25) is 14.5 Å². The molecule has 10 heteroatoms. The van der Waals surface area contributed by atoms with Crippen molar-refractivity contribution in [2.24, 2.45) is 0 Å². The number of aliphatic carboxylic acids is 1. The van der Waals surface area contributed by atoms with Gasteiger partial charge in [-0.25, -0.2) is 4.79 Å². The number of methoxy groups -OCH3 is 1. The number of β-lactam (4-membered cyclic amide) rings is 1. The third-order valence-electron chi connectivity index (χ3n) is 3.87. The number of carbonyl (C=O) groups is 3. The van der Waals surface area contributed by atoms with Crippen molar-refractivity contribution >= 4 is 41.1 Å². The van der Waals surface area contributed by atoms with Gasteiger partial charge in [0.25, 0.3) is 11.8 Å². The molecule has 0 radical (unpaired) electrons. The number of amides is 2. The number of hydrogen-bond donors (Lipinski definition) is 2. The Bertz CT molecular complexity index is 781. The zero-order chi connectivity index (χ0) is 18.8. The lowest BCUT2D eigenvalue weighted by Gasteiger charge is -2.48. The molecule has 0 aromatic heterocycles. The van der Waals surface area contributed by atoms with Crippen LogP contribution in [0.4, 0.5) is 0 Å². The normalized spacial score (nSPS) is 21.6. The van der Waals surface area contributed by atoms with Gasteiger partial charge < -0.3 is 19.9 Å². The summed E-state index contributed by atoms with van der Waals surface area (Å²) in [7, 11) is 1.55. The van der Waals surface area contributed by atoms with E-state index < -0.39 is 29.2 Å². The monoisotopic (exact) mass is 398 g/mol. The van der Waals surface area contributed by atoms with E-state index in [0.29, 0.717) is 11.5 Å². The molecule has 1 saturated heterocycles. The Kier molecular flexibility index (Phi) is 5.28. The van der Waals surface area contributed by atoms with Crippen LogP contribution in [0.3, 0.4) is 0 Å². The number of nitrogens with zero attached hydrogens (tertiary/aromatic N) is 1. The molecule has 2 amide bonds. The third-order valence-corrected chi connectivity index (χ3v) is 5.62. The number of carboxylic acid groups (broad SMARTS) is 1. The van der Waals surface area contributed by atoms with E-state index in [1.54, 1.807) is 31.4 Å². The molecule has 2 aliphatic rings. The van der Waals surface area contributed by atoms with Gasteiger partial charge in [0.15, 0.2) is 6.61 Å². The fraction of sp³-hybridized carbons (Fsp3) is 0.312. The standard InChI is InChI=1S/C16H15ClN2O6S/c1-24-8-2-4-9(5-3-8)25-6-11(20)18-12-14(21)19-13(16(22)23)10(17)7-26-15(12)19/h2-5,12,15H,6-7H2,1H3,(H,18,20)(H,22,23)/t12?,15-/m0/s1. The summed E-state index contributed by atoms with van der Waals surface area (Å²) in [6.45, 7) is -0.268. The lowest BCUT2D eigenvalue weighted by molar-refractivity contribution is -0.150. The number of rotatable bonds is 6. The Labute approximate surface area is 158 Å². The van der Waals surface area contributed by atoms with Crippen molar-refractivity contribution in [3.63, 3.8) is 0 Å². The molecule has 1 unspecified atom stereocenters. The Balaban J connectivity index is 1.56. The molecule has 0 bridgehead atoms. The number of carbonyl (C=O) groups excluding carboxylic acids is 2. The third kappa shape index (κ3) is 3.45. The van der Waals surface area contributed by atoms with Gasteiger partial charge in [0.05, 0.1) is 12.1 Å². The van der Waals surface area contributed by atoms with Crippen molar-refractivity contribution in [3.05, 3.63) is 35.0 Å². The molecule has 26 heavy (non-hydrogen) atoms. The van der Waals surface area contributed by atoms with Crippen LogP contribution in [0.1, 0.15) is 0 Å². The summed E-state index contributed by atoms with van der Waals surface area (Å²) in [6, 6.07) is 5.91. The number of carboxylic acids is 1. The Morgan fingerprint density at radius 1 is 1.35 bits per heavy atom. The summed E-state index contributed by atoms with van der Waals surface area (Å²) < 4.78 is 10.4. The van der Waals surface area contributed by atoms with Crippen molar-refractivity contribution in [2.75, 3.05) is 19.5 Å². The van der Waals surface area contributed by atoms with E-state index in [1.807, 2.05) is 0 Å². The maximum absolute atomic E-state index is 12.2. The molecule has 0 saturated carbocycles. The van der Waals surface area contributed by atoms with Gasteiger partial charge in [-0.2, -0.15) is 0 Å². The van der Waals surface area contributed by atoms with Crippen LogP contribution in [0.2, 0.25) is 0 Å². The summed E-state index contributed by atoms with van der Waals surface area (Å²) in [6.07, 6.45) is 0. The van der Waals surface area contributed by atoms with Gasteiger partial charge in [-0.05, 0) is 24.3 Å². The summed E-state index contributed by atoms with van der Waals surface area (Å²) in [5.41, 5.74) is -0.222. The SMILES string of the molecule is COc1ccc(OCC(=O)NC2C(=O)N3C(C(=O)O)=C(Cl)CS[C@@H]23)cc1. The number of thioether (sulfide) groups is 1. The largest absolute Gasteiger partial charge is 0.497 e. The molecule has 1 aromatic carbocycles. The minimum atomic E-state index is -1.26. The molecule has 0 spiro atoms. The van der Waals surface area contributed by atoms with Crippen LogP contribution in [0.5, 0.6) is 11.5 Å². The van der Waals surface area contributed by atoms with Gasteiger partial charge in [0.2, 0.25) is 0 Å². The predicted octanol–water partition coefficient (Wildman–Crippen LogP) is 1.01. The van der Waals surface area contributed by atoms with Crippen LogP contribution in [-0.4, -0.2) is 58.7 Å². The first-order valence-corrected chi connectivity index (χ1v) is 8.98. The summed E-state index contributed by atoms with van der Waals surface area (Å²) in [5.74, 6) is -0.824. The number of nitrogens with one attached hydrogen (secondary N) is 1. The zero-order valence-corrected chi connectivity index (χ0v) is 15.2. The lowest BCUT2D eigenvalue weighted by Crippen LogP contribution is -2.70. The average Bonchev–Trinajstić information content (AvgIpc) is 2.64. The van der Waals surface area contributed by atoms with Crippen molar-refractivity contribution in [3.8, 4) is 11.5 Å². The van der Waals surface area contributed by atoms with Gasteiger partial charge in [0.1, 0.15) is 28.6 Å². The van der Waals surface area contributed by atoms with Crippen LogP contribution in [-0.2, 0) is 14.4 Å². The Morgan fingerprint density at radius 2 is 2.00 bits per heavy atom. The second-order valence-corrected chi connectivity index (χ2v) is 7.04. The Morgan fingerprint density at radius 3 is 2.62 bits per heavy atom. The summed E-state index contributed by atoms with van der Waals surface area (Å²) in [5, 5.41) is 11.4. The first-order chi connectivity index (χ1) is 12.4. The van der Waals surface area contributed by atoms with Crippen molar-refractivity contribution < 1.29 is 29.0 Å². The second-order valence-electron chi connectivity index (χ2n) is 5.48. The smallest absolute Gasteiger partial charge is 0.353 e. The summed E-state index contributed by atoms with van der Waals surface area (Å²) >= 11 is 7.19. The van der Waals surface area contributed by atoms with E-state index in [9.17, 15) is 19.5 Å². The van der Waals surface area contributed by atoms with Crippen molar-refractivity contribution in [1.82, 2.24) is 10.2 Å². The van der Waals surface area contributed by atoms with Crippen LogP contribution >= 0.6 is 23.4 Å². The topological polar surface area (TPSA) is 105 Å². The number of hydrogen-bond acceptors (Lipinski definition) is 6. The molecule has 1 aromatic rings. The molecule has 8 nitrogen and oxygen atoms in total. The number of ether oxygens (including phenoxy) is 2. The number of fused-ring (bicyclic) bond motifs is 1. The second kappa shape index (κ2) is 7.46. The van der Waals surface area contributed by atoms with Crippen molar-refractivity contribution in [2.45, 2.75) is 11.4 Å². The highest BCUT2D eigenvalue weighted by Crippen LogP contribution is 2.41. The molecule has 2 N–H and O–H groups in total. The van der Waals surface area contributed by atoms with Gasteiger partial charge in [-0.1, -0.05) is 11.6 Å². The average molecular weight is 399 g/mol. The van der Waals surface area contributed by atoms with E-state index in [1.165, 1.54) is 11.8 Å². The van der Waals surface area contributed by atoms with E-state index in [4.69, 9.17) is 21.1 Å². The van der Waals surface area contributed by atoms with E-state index >= 15 is 0 Å². The number of halogens is 1. The molecule has 138 valence electrons. The molecule has 2 heterocycles. The van der Waals surface area contributed by atoms with E-state index in [2.05, 4.69) is 5.32 Å². The highest BCUT2D eigenvalue weighted by Gasteiger charge is 2.54. The van der Waals surface area contributed by atoms with Crippen LogP contribution in [0.25, 0.3) is 0 Å². The minimum Gasteiger partial charge on any atom is -0.497 e. The predicted molar refractivity (Wildman–Crippen MR) is 94.0 cm³/mol. The maximum Gasteiger partial charge on any atom is 0.353 e. The highest BCUT2D eigenvalue weighted by molar-refractivity contribution is 8.00. The summed E-state index contributed by atoms with van der Waals surface area (Å²) in [4.78, 5) is 36.6. The van der Waals surface area contributed by atoms with Gasteiger partial charge in [-0.15, -0.1) is 11.8 Å². The first-order valence-electron chi connectivity index (χ1n) is 7.55. The first kappa shape index (κ1) is 18.4. The molecule has 0 aliphatic carbocycles. The fourth-order valence-electron chi connectivity index (χ4n) is 2.62. The van der Waals surface area contributed by atoms with Crippen LogP contribution in [0, 0.1) is 0 Å². The molecular weight excluding hydrogens is 384 g/mol. The van der Waals surface area contributed by atoms with Gasteiger partial charge in [0, 0.05) is 5.75 Å². The number of benzene rings is 1. The lowest BCUT2D eigenvalue weighted by atomic mass is 10.1. The van der Waals surface area contributed by atoms with Crippen LogP contribution in [0.15, 0.2) is 35.0 Å². The molecule has 2 aliphatic heterocycles. The molecule has 1 fully saturated rings. The fourth-order valence-corrected chi connectivity index (χ4v) is 4.17. The quantitative estimate of drug-likeness (QED) is 0.689. The highest BCUT2D eigenvalue weighted by atomic mass is 35.5. The van der Waals surface area contributed by atoms with E-state index in [0.717, 1.165) is 4.90 Å². The maximum atomic E-state index is 12.2. The van der Waals surface area contributed by atoms with E-state index in [-0.39, 0.29) is 23.1 Å². The molecular formula is C16H15ClN2O6S.